The fourth-order valence-corrected chi connectivity index (χ4v) is 2.78. The lowest BCUT2D eigenvalue weighted by Crippen LogP contribution is -2.33. The van der Waals surface area contributed by atoms with E-state index in [-0.39, 0.29) is 17.5 Å². The zero-order valence-electron chi connectivity index (χ0n) is 13.3. The van der Waals surface area contributed by atoms with Crippen molar-refractivity contribution in [1.29, 1.82) is 0 Å². The molecule has 0 aliphatic carbocycles. The van der Waals surface area contributed by atoms with Crippen LogP contribution < -0.4 is 16.6 Å². The molecule has 0 fully saturated rings. The highest BCUT2D eigenvalue weighted by molar-refractivity contribution is 8.00. The lowest BCUT2D eigenvalue weighted by Gasteiger charge is -2.12. The van der Waals surface area contributed by atoms with Crippen molar-refractivity contribution in [2.45, 2.75) is 17.9 Å². The Morgan fingerprint density at radius 3 is 2.75 bits per heavy atom. The molecule has 2 aromatic rings. The number of carbonyl (C=O) groups is 1. The maximum absolute atomic E-state index is 12.1. The van der Waals surface area contributed by atoms with E-state index in [0.717, 1.165) is 4.90 Å². The van der Waals surface area contributed by atoms with E-state index in [1.807, 2.05) is 30.3 Å². The van der Waals surface area contributed by atoms with Crippen LogP contribution in [-0.2, 0) is 16.1 Å². The highest BCUT2D eigenvalue weighted by Gasteiger charge is 2.10. The Kier molecular flexibility index (Phi) is 6.83. The number of carbonyl (C=O) groups excluding carboxylic acids is 1. The van der Waals surface area contributed by atoms with E-state index in [9.17, 15) is 14.4 Å². The zero-order chi connectivity index (χ0) is 17.4. The van der Waals surface area contributed by atoms with Crippen molar-refractivity contribution in [3.63, 3.8) is 0 Å². The molecule has 8 heteroatoms. The van der Waals surface area contributed by atoms with Crippen LogP contribution in [0.15, 0.2) is 50.9 Å². The van der Waals surface area contributed by atoms with E-state index in [1.54, 1.807) is 7.11 Å². The van der Waals surface area contributed by atoms with Crippen LogP contribution in [0, 0.1) is 0 Å². The van der Waals surface area contributed by atoms with Crippen LogP contribution in [0.3, 0.4) is 0 Å². The van der Waals surface area contributed by atoms with Crippen LogP contribution in [0.5, 0.6) is 0 Å². The first-order chi connectivity index (χ1) is 11.6. The Labute approximate surface area is 143 Å². The van der Waals surface area contributed by atoms with Crippen LogP contribution in [0.2, 0.25) is 0 Å². The third kappa shape index (κ3) is 5.39. The minimum Gasteiger partial charge on any atom is -0.385 e. The van der Waals surface area contributed by atoms with E-state index in [0.29, 0.717) is 19.6 Å². The van der Waals surface area contributed by atoms with Crippen molar-refractivity contribution >= 4 is 23.5 Å². The summed E-state index contributed by atoms with van der Waals surface area (Å²) in [6.45, 7) is 0.813. The van der Waals surface area contributed by atoms with Crippen molar-refractivity contribution in [1.82, 2.24) is 9.55 Å². The molecule has 1 heterocycles. The number of rotatable bonds is 8. The fraction of sp³-hybridized carbons (Fsp3) is 0.312. The molecule has 1 amide bonds. The number of aromatic amines is 1. The van der Waals surface area contributed by atoms with Gasteiger partial charge in [-0.25, -0.2) is 4.79 Å². The molecule has 128 valence electrons. The summed E-state index contributed by atoms with van der Waals surface area (Å²) in [5.41, 5.74) is -1.10. The van der Waals surface area contributed by atoms with Crippen LogP contribution in [0.4, 0.5) is 5.82 Å². The monoisotopic (exact) mass is 349 g/mol. The number of methoxy groups -OCH3 is 1. The number of H-pyrrole nitrogens is 1. The number of benzene rings is 1. The van der Waals surface area contributed by atoms with Gasteiger partial charge in [0.15, 0.2) is 0 Å². The third-order valence-electron chi connectivity index (χ3n) is 3.14. The van der Waals surface area contributed by atoms with Crippen molar-refractivity contribution in [2.24, 2.45) is 0 Å². The number of aromatic nitrogens is 2. The second-order valence-electron chi connectivity index (χ2n) is 4.97. The topological polar surface area (TPSA) is 93.2 Å². The molecule has 0 bridgehead atoms. The normalized spacial score (nSPS) is 10.5. The number of nitrogens with zero attached hydrogens (tertiary/aromatic N) is 1. The maximum Gasteiger partial charge on any atom is 0.329 e. The molecule has 0 aliphatic heterocycles. The first-order valence-electron chi connectivity index (χ1n) is 7.41. The van der Waals surface area contributed by atoms with Gasteiger partial charge >= 0.3 is 5.69 Å². The molecule has 1 aromatic carbocycles. The van der Waals surface area contributed by atoms with Gasteiger partial charge in [0.05, 0.1) is 5.75 Å². The van der Waals surface area contributed by atoms with Crippen LogP contribution in [-0.4, -0.2) is 34.9 Å². The summed E-state index contributed by atoms with van der Waals surface area (Å²) in [6.07, 6.45) is 0.587. The molecule has 0 unspecified atom stereocenters. The van der Waals surface area contributed by atoms with Gasteiger partial charge in [-0.15, -0.1) is 11.8 Å². The molecule has 2 rings (SSSR count). The molecular formula is C16H19N3O4S. The number of thioether (sulfide) groups is 1. The van der Waals surface area contributed by atoms with Crippen molar-refractivity contribution < 1.29 is 9.53 Å². The number of hydrogen-bond acceptors (Lipinski definition) is 5. The van der Waals surface area contributed by atoms with Gasteiger partial charge in [-0.3, -0.25) is 19.1 Å². The molecule has 0 aliphatic rings. The fourth-order valence-electron chi connectivity index (χ4n) is 2.06. The number of ether oxygens (including phenoxy) is 1. The second kappa shape index (κ2) is 9.09. The summed E-state index contributed by atoms with van der Waals surface area (Å²) < 4.78 is 6.28. The molecule has 2 N–H and O–H groups in total. The SMILES string of the molecule is COCCCn1c(NC(=O)CSc2ccccc2)cc(=O)[nH]c1=O. The number of amides is 1. The zero-order valence-corrected chi connectivity index (χ0v) is 14.1. The Morgan fingerprint density at radius 1 is 1.29 bits per heavy atom. The number of nitrogens with one attached hydrogen (secondary N) is 2. The largest absolute Gasteiger partial charge is 0.385 e. The van der Waals surface area contributed by atoms with Gasteiger partial charge < -0.3 is 10.1 Å². The summed E-state index contributed by atoms with van der Waals surface area (Å²) in [5.74, 6) is 0.0937. The lowest BCUT2D eigenvalue weighted by atomic mass is 10.4. The Morgan fingerprint density at radius 2 is 2.04 bits per heavy atom. The number of hydrogen-bond donors (Lipinski definition) is 2. The average molecular weight is 349 g/mol. The average Bonchev–Trinajstić information content (AvgIpc) is 2.56. The summed E-state index contributed by atoms with van der Waals surface area (Å²) in [5, 5.41) is 2.63. The summed E-state index contributed by atoms with van der Waals surface area (Å²) >= 11 is 1.38. The molecule has 0 radical (unpaired) electrons. The van der Waals surface area contributed by atoms with E-state index in [4.69, 9.17) is 4.74 Å². The lowest BCUT2D eigenvalue weighted by molar-refractivity contribution is -0.113. The molecular weight excluding hydrogens is 330 g/mol. The van der Waals surface area contributed by atoms with Gasteiger partial charge in [0.1, 0.15) is 5.82 Å². The van der Waals surface area contributed by atoms with E-state index in [1.165, 1.54) is 22.4 Å². The molecule has 0 saturated heterocycles. The maximum atomic E-state index is 12.1. The Hall–Kier alpha value is -2.32. The van der Waals surface area contributed by atoms with Crippen molar-refractivity contribution in [3.05, 3.63) is 57.2 Å². The van der Waals surface area contributed by atoms with E-state index in [2.05, 4.69) is 10.3 Å². The molecule has 0 spiro atoms. The van der Waals surface area contributed by atoms with Crippen molar-refractivity contribution in [2.75, 3.05) is 24.8 Å². The molecule has 0 saturated carbocycles. The Balaban J connectivity index is 2.05. The highest BCUT2D eigenvalue weighted by atomic mass is 32.2. The van der Waals surface area contributed by atoms with Gasteiger partial charge in [0.25, 0.3) is 5.56 Å². The van der Waals surface area contributed by atoms with Gasteiger partial charge in [-0.2, -0.15) is 0 Å². The first kappa shape index (κ1) is 18.0. The predicted octanol–water partition coefficient (Wildman–Crippen LogP) is 1.30. The molecule has 24 heavy (non-hydrogen) atoms. The molecule has 1 aromatic heterocycles. The van der Waals surface area contributed by atoms with Gasteiger partial charge in [0, 0.05) is 31.2 Å². The van der Waals surface area contributed by atoms with Crippen LogP contribution >= 0.6 is 11.8 Å². The van der Waals surface area contributed by atoms with Gasteiger partial charge in [-0.05, 0) is 18.6 Å². The first-order valence-corrected chi connectivity index (χ1v) is 8.39. The number of anilines is 1. The summed E-state index contributed by atoms with van der Waals surface area (Å²) in [4.78, 5) is 38.7. The quantitative estimate of drug-likeness (QED) is 0.553. The predicted molar refractivity (Wildman–Crippen MR) is 93.6 cm³/mol. The second-order valence-corrected chi connectivity index (χ2v) is 6.02. The van der Waals surface area contributed by atoms with E-state index >= 15 is 0 Å². The van der Waals surface area contributed by atoms with Crippen LogP contribution in [0.25, 0.3) is 0 Å². The standard InChI is InChI=1S/C16H19N3O4S/c1-23-9-5-8-19-13(10-14(20)18-16(19)22)17-15(21)11-24-12-6-3-2-4-7-12/h2-4,6-7,10H,5,8-9,11H2,1H3,(H,17,21)(H,18,20,22). The summed E-state index contributed by atoms with van der Waals surface area (Å²) in [7, 11) is 1.57. The van der Waals surface area contributed by atoms with Crippen LogP contribution in [0.1, 0.15) is 6.42 Å². The molecule has 0 atom stereocenters. The Bertz CT molecular complexity index is 786. The van der Waals surface area contributed by atoms with Crippen molar-refractivity contribution in [3.8, 4) is 0 Å². The minimum atomic E-state index is -0.551. The van der Waals surface area contributed by atoms with E-state index < -0.39 is 11.2 Å². The highest BCUT2D eigenvalue weighted by Crippen LogP contribution is 2.17. The minimum absolute atomic E-state index is 0.184. The van der Waals surface area contributed by atoms with Gasteiger partial charge in [-0.1, -0.05) is 18.2 Å². The molecule has 7 nitrogen and oxygen atoms in total. The smallest absolute Gasteiger partial charge is 0.329 e. The van der Waals surface area contributed by atoms with Gasteiger partial charge in [0.2, 0.25) is 5.91 Å². The summed E-state index contributed by atoms with van der Waals surface area (Å²) in [6, 6.07) is 10.7. The third-order valence-corrected chi connectivity index (χ3v) is 4.16.